The van der Waals surface area contributed by atoms with E-state index >= 15 is 0 Å². The van der Waals surface area contributed by atoms with Gasteiger partial charge in [-0.05, 0) is 55.0 Å². The summed E-state index contributed by atoms with van der Waals surface area (Å²) in [5.41, 5.74) is 1.91. The molecule has 32 heavy (non-hydrogen) atoms. The molecule has 0 unspecified atom stereocenters. The van der Waals surface area contributed by atoms with Crippen LogP contribution in [0.25, 0.3) is 16.0 Å². The number of carbonyl (C=O) groups is 2. The second-order valence-electron chi connectivity index (χ2n) is 7.86. The first kappa shape index (κ1) is 22.2. The number of benzene rings is 1. The molecule has 166 valence electrons. The minimum atomic E-state index is -0.197. The van der Waals surface area contributed by atoms with E-state index in [1.54, 1.807) is 28.8 Å². The number of rotatable bonds is 8. The van der Waals surface area contributed by atoms with Gasteiger partial charge in [0.15, 0.2) is 10.9 Å². The van der Waals surface area contributed by atoms with Crippen LogP contribution in [-0.4, -0.2) is 36.6 Å². The molecule has 10 heteroatoms. The largest absolute Gasteiger partial charge is 0.325 e. The summed E-state index contributed by atoms with van der Waals surface area (Å²) in [5, 5.41) is 13.8. The molecule has 0 aliphatic carbocycles. The lowest BCUT2D eigenvalue weighted by molar-refractivity contribution is -0.113. The van der Waals surface area contributed by atoms with E-state index in [1.165, 1.54) is 30.0 Å². The van der Waals surface area contributed by atoms with Gasteiger partial charge in [-0.25, -0.2) is 0 Å². The molecule has 0 bridgehead atoms. The van der Waals surface area contributed by atoms with Crippen molar-refractivity contribution < 1.29 is 9.59 Å². The van der Waals surface area contributed by atoms with Gasteiger partial charge in [-0.15, -0.1) is 21.5 Å². The van der Waals surface area contributed by atoms with Crippen molar-refractivity contribution in [2.45, 2.75) is 38.9 Å². The van der Waals surface area contributed by atoms with Gasteiger partial charge < -0.3 is 5.32 Å². The van der Waals surface area contributed by atoms with Crippen LogP contribution in [0.4, 0.5) is 5.69 Å². The third-order valence-electron chi connectivity index (χ3n) is 5.02. The summed E-state index contributed by atoms with van der Waals surface area (Å²) in [4.78, 5) is 36.8. The second kappa shape index (κ2) is 9.25. The molecule has 0 aliphatic rings. The number of fused-ring (bicyclic) bond motifs is 3. The van der Waals surface area contributed by atoms with E-state index in [9.17, 15) is 14.4 Å². The van der Waals surface area contributed by atoms with Gasteiger partial charge in [-0.1, -0.05) is 25.6 Å². The van der Waals surface area contributed by atoms with Gasteiger partial charge in [0, 0.05) is 17.8 Å². The number of aryl methyl sites for hydroxylation is 1. The molecule has 0 spiro atoms. The summed E-state index contributed by atoms with van der Waals surface area (Å²) >= 11 is 2.66. The van der Waals surface area contributed by atoms with Gasteiger partial charge in [0.2, 0.25) is 11.7 Å². The van der Waals surface area contributed by atoms with Crippen LogP contribution in [0.15, 0.2) is 45.7 Å². The monoisotopic (exact) mass is 469 g/mol. The van der Waals surface area contributed by atoms with Crippen LogP contribution < -0.4 is 10.9 Å². The number of carbonyl (C=O) groups excluding carboxylic acids is 2. The molecule has 1 N–H and O–H groups in total. The Bertz CT molecular complexity index is 1350. The van der Waals surface area contributed by atoms with Crippen molar-refractivity contribution >= 4 is 56.5 Å². The lowest BCUT2D eigenvalue weighted by Gasteiger charge is -2.10. The van der Waals surface area contributed by atoms with Crippen LogP contribution in [-0.2, 0) is 11.3 Å². The third-order valence-corrected chi connectivity index (χ3v) is 6.84. The van der Waals surface area contributed by atoms with Gasteiger partial charge in [-0.3, -0.25) is 23.4 Å². The van der Waals surface area contributed by atoms with Crippen LogP contribution >= 0.6 is 23.1 Å². The normalized spacial score (nSPS) is 11.5. The van der Waals surface area contributed by atoms with E-state index in [0.717, 1.165) is 11.9 Å². The smallest absolute Gasteiger partial charge is 0.272 e. The predicted octanol–water partition coefficient (Wildman–Crippen LogP) is 4.09. The van der Waals surface area contributed by atoms with E-state index in [-0.39, 0.29) is 23.0 Å². The molecule has 0 atom stereocenters. The number of thiophene rings is 1. The number of thioether (sulfide) groups is 1. The topological polar surface area (TPSA) is 98.4 Å². The molecule has 3 aromatic heterocycles. The zero-order valence-corrected chi connectivity index (χ0v) is 19.6. The zero-order valence-electron chi connectivity index (χ0n) is 18.0. The Labute approximate surface area is 192 Å². The highest BCUT2D eigenvalue weighted by Crippen LogP contribution is 2.25. The number of aromatic nitrogens is 4. The molecule has 1 amide bonds. The summed E-state index contributed by atoms with van der Waals surface area (Å²) < 4.78 is 4.18. The Kier molecular flexibility index (Phi) is 6.43. The van der Waals surface area contributed by atoms with Gasteiger partial charge >= 0.3 is 0 Å². The van der Waals surface area contributed by atoms with Crippen molar-refractivity contribution in [2.75, 3.05) is 11.1 Å². The molecular weight excluding hydrogens is 446 g/mol. The van der Waals surface area contributed by atoms with Crippen LogP contribution in [0.1, 0.15) is 37.6 Å². The number of anilines is 1. The van der Waals surface area contributed by atoms with E-state index in [0.29, 0.717) is 39.3 Å². The Balaban J connectivity index is 1.56. The maximum absolute atomic E-state index is 13.0. The standard InChI is InChI=1S/C22H23N5O3S2/c1-13(2)8-10-26-20(30)19-17(9-11-31-19)27-21(26)24-25-22(27)32-12-18(29)23-16-6-4-15(5-7-16)14(3)28/h4-7,9,11,13H,8,10,12H2,1-3H3,(H,23,29). The van der Waals surface area contributed by atoms with Crippen molar-refractivity contribution in [3.05, 3.63) is 51.6 Å². The highest BCUT2D eigenvalue weighted by atomic mass is 32.2. The molecule has 0 saturated carbocycles. The second-order valence-corrected chi connectivity index (χ2v) is 9.72. The van der Waals surface area contributed by atoms with Crippen molar-refractivity contribution in [3.63, 3.8) is 0 Å². The average molecular weight is 470 g/mol. The molecule has 0 radical (unpaired) electrons. The predicted molar refractivity (Wildman–Crippen MR) is 128 cm³/mol. The van der Waals surface area contributed by atoms with Gasteiger partial charge in [0.25, 0.3) is 5.56 Å². The highest BCUT2D eigenvalue weighted by Gasteiger charge is 2.18. The van der Waals surface area contributed by atoms with Gasteiger partial charge in [0.1, 0.15) is 4.70 Å². The van der Waals surface area contributed by atoms with Gasteiger partial charge in [-0.2, -0.15) is 0 Å². The quantitative estimate of drug-likeness (QED) is 0.308. The van der Waals surface area contributed by atoms with E-state index in [4.69, 9.17) is 0 Å². The number of amides is 1. The van der Waals surface area contributed by atoms with Crippen LogP contribution in [0.3, 0.4) is 0 Å². The van der Waals surface area contributed by atoms with Crippen molar-refractivity contribution in [3.8, 4) is 0 Å². The average Bonchev–Trinajstić information content (AvgIpc) is 3.39. The van der Waals surface area contributed by atoms with E-state index in [1.807, 2.05) is 15.8 Å². The summed E-state index contributed by atoms with van der Waals surface area (Å²) in [5.74, 6) is 0.849. The van der Waals surface area contributed by atoms with Crippen molar-refractivity contribution in [1.82, 2.24) is 19.2 Å². The molecule has 0 fully saturated rings. The van der Waals surface area contributed by atoms with Gasteiger partial charge in [0.05, 0.1) is 11.3 Å². The molecule has 1 aromatic carbocycles. The number of nitrogens with one attached hydrogen (secondary N) is 1. The minimum Gasteiger partial charge on any atom is -0.325 e. The van der Waals surface area contributed by atoms with Crippen LogP contribution in [0.5, 0.6) is 0 Å². The summed E-state index contributed by atoms with van der Waals surface area (Å²) in [6.07, 6.45) is 0.854. The number of Topliss-reactive ketones (excluding diaryl/α,β-unsaturated/α-hetero) is 1. The van der Waals surface area contributed by atoms with Crippen LogP contribution in [0, 0.1) is 5.92 Å². The molecule has 0 aliphatic heterocycles. The summed E-state index contributed by atoms with van der Waals surface area (Å²) in [7, 11) is 0. The first-order chi connectivity index (χ1) is 15.3. The fourth-order valence-corrected chi connectivity index (χ4v) is 4.86. The Hall–Kier alpha value is -2.98. The van der Waals surface area contributed by atoms with Crippen molar-refractivity contribution in [2.24, 2.45) is 5.92 Å². The number of ketones is 1. The SMILES string of the molecule is CC(=O)c1ccc(NC(=O)CSc2nnc3n(CCC(C)C)c(=O)c4sccc4n23)cc1. The summed E-state index contributed by atoms with van der Waals surface area (Å²) in [6, 6.07) is 8.65. The van der Waals surface area contributed by atoms with E-state index in [2.05, 4.69) is 29.4 Å². The molecule has 3 heterocycles. The maximum Gasteiger partial charge on any atom is 0.272 e. The lowest BCUT2D eigenvalue weighted by atomic mass is 10.1. The van der Waals surface area contributed by atoms with Crippen LogP contribution in [0.2, 0.25) is 0 Å². The minimum absolute atomic E-state index is 0.0243. The number of nitrogens with zero attached hydrogens (tertiary/aromatic N) is 4. The number of hydrogen-bond acceptors (Lipinski definition) is 7. The fourth-order valence-electron chi connectivity index (χ4n) is 3.30. The third kappa shape index (κ3) is 4.46. The Morgan fingerprint density at radius 3 is 2.59 bits per heavy atom. The zero-order chi connectivity index (χ0) is 22.8. The molecule has 4 rings (SSSR count). The molecule has 8 nitrogen and oxygen atoms in total. The van der Waals surface area contributed by atoms with Crippen molar-refractivity contribution in [1.29, 1.82) is 0 Å². The lowest BCUT2D eigenvalue weighted by Crippen LogP contribution is -2.23. The molecular formula is C22H23N5O3S2. The fraction of sp³-hybridized carbons (Fsp3) is 0.318. The summed E-state index contributed by atoms with van der Waals surface area (Å²) in [6.45, 7) is 6.29. The maximum atomic E-state index is 13.0. The Morgan fingerprint density at radius 1 is 1.16 bits per heavy atom. The highest BCUT2D eigenvalue weighted by molar-refractivity contribution is 7.99. The Morgan fingerprint density at radius 2 is 1.91 bits per heavy atom. The number of hydrogen-bond donors (Lipinski definition) is 1. The molecule has 4 aromatic rings. The molecule has 0 saturated heterocycles. The van der Waals surface area contributed by atoms with E-state index < -0.39 is 0 Å². The first-order valence-corrected chi connectivity index (χ1v) is 12.1. The first-order valence-electron chi connectivity index (χ1n) is 10.2.